The maximum Gasteiger partial charge on any atom is 0.227 e. The molecule has 1 saturated heterocycles. The number of aromatic nitrogens is 4. The highest BCUT2D eigenvalue weighted by Crippen LogP contribution is 2.25. The number of nitrogens with one attached hydrogen (secondary N) is 2. The Kier molecular flexibility index (Phi) is 8.47. The van der Waals surface area contributed by atoms with E-state index in [1.165, 1.54) is 0 Å². The second-order valence-corrected chi connectivity index (χ2v) is 9.27. The van der Waals surface area contributed by atoms with Crippen molar-refractivity contribution in [2.75, 3.05) is 58.3 Å². The molecule has 0 aliphatic carbocycles. The molecule has 0 spiro atoms. The number of piperazine rings is 1. The summed E-state index contributed by atoms with van der Waals surface area (Å²) in [4.78, 5) is 22.0. The molecule has 3 heterocycles. The number of hydrogen-bond donors (Lipinski definition) is 2. The van der Waals surface area contributed by atoms with Crippen LogP contribution >= 0.6 is 0 Å². The molecule has 1 aliphatic rings. The molecule has 1 aliphatic heterocycles. The van der Waals surface area contributed by atoms with Crippen molar-refractivity contribution in [1.29, 1.82) is 0 Å². The first kappa shape index (κ1) is 25.7. The molecule has 4 aromatic rings. The Morgan fingerprint density at radius 1 is 0.947 bits per heavy atom. The van der Waals surface area contributed by atoms with Crippen molar-refractivity contribution in [1.82, 2.24) is 29.7 Å². The van der Waals surface area contributed by atoms with Crippen LogP contribution in [0.1, 0.15) is 13.3 Å². The lowest BCUT2D eigenvalue weighted by Gasteiger charge is -2.33. The van der Waals surface area contributed by atoms with E-state index >= 15 is 0 Å². The minimum absolute atomic E-state index is 0.503. The number of nitrogens with zero attached hydrogens (tertiary/aromatic N) is 5. The molecular formula is C29H35N7O2. The van der Waals surface area contributed by atoms with Crippen molar-refractivity contribution < 1.29 is 9.47 Å². The quantitative estimate of drug-likeness (QED) is 0.279. The molecule has 1 fully saturated rings. The number of aromatic amines is 1. The van der Waals surface area contributed by atoms with Gasteiger partial charge in [0.1, 0.15) is 17.3 Å². The summed E-state index contributed by atoms with van der Waals surface area (Å²) in [5, 5.41) is 3.29. The molecule has 9 nitrogen and oxygen atoms in total. The van der Waals surface area contributed by atoms with Crippen molar-refractivity contribution in [3.63, 3.8) is 0 Å². The number of hydrogen-bond acceptors (Lipinski definition) is 8. The van der Waals surface area contributed by atoms with E-state index in [2.05, 4.69) is 42.0 Å². The van der Waals surface area contributed by atoms with E-state index in [-0.39, 0.29) is 0 Å². The molecule has 0 radical (unpaired) electrons. The molecule has 198 valence electrons. The number of rotatable bonds is 11. The summed E-state index contributed by atoms with van der Waals surface area (Å²) in [5.41, 5.74) is 3.37. The smallest absolute Gasteiger partial charge is 0.227 e. The van der Waals surface area contributed by atoms with Crippen molar-refractivity contribution >= 4 is 11.6 Å². The summed E-state index contributed by atoms with van der Waals surface area (Å²) in [7, 11) is 1.65. The van der Waals surface area contributed by atoms with Gasteiger partial charge >= 0.3 is 0 Å². The Labute approximate surface area is 223 Å². The fraction of sp³-hybridized carbons (Fsp3) is 0.345. The van der Waals surface area contributed by atoms with Gasteiger partial charge in [0.2, 0.25) is 5.95 Å². The molecule has 9 heteroatoms. The van der Waals surface area contributed by atoms with Crippen molar-refractivity contribution in [3.8, 4) is 34.3 Å². The van der Waals surface area contributed by atoms with E-state index in [9.17, 15) is 0 Å². The van der Waals surface area contributed by atoms with Crippen LogP contribution in [0.15, 0.2) is 67.0 Å². The number of imidazole rings is 1. The normalized spacial score (nSPS) is 14.4. The number of benzene rings is 2. The van der Waals surface area contributed by atoms with E-state index in [0.29, 0.717) is 12.6 Å². The van der Waals surface area contributed by atoms with Crippen LogP contribution in [0.3, 0.4) is 0 Å². The molecular weight excluding hydrogens is 478 g/mol. The van der Waals surface area contributed by atoms with Crippen molar-refractivity contribution in [2.24, 2.45) is 0 Å². The summed E-state index contributed by atoms with van der Waals surface area (Å²) < 4.78 is 11.4. The molecule has 0 amide bonds. The molecule has 0 saturated carbocycles. The van der Waals surface area contributed by atoms with Gasteiger partial charge in [-0.05, 0) is 43.3 Å². The predicted octanol–water partition coefficient (Wildman–Crippen LogP) is 4.69. The Bertz CT molecular complexity index is 1320. The monoisotopic (exact) mass is 513 g/mol. The molecule has 0 unspecified atom stereocenters. The van der Waals surface area contributed by atoms with Crippen LogP contribution in [-0.2, 0) is 0 Å². The highest BCUT2D eigenvalue weighted by molar-refractivity contribution is 5.64. The van der Waals surface area contributed by atoms with E-state index < -0.39 is 0 Å². The third kappa shape index (κ3) is 6.67. The van der Waals surface area contributed by atoms with Crippen molar-refractivity contribution in [3.05, 3.63) is 67.0 Å². The third-order valence-corrected chi connectivity index (χ3v) is 6.74. The molecule has 0 atom stereocenters. The summed E-state index contributed by atoms with van der Waals surface area (Å²) >= 11 is 0. The van der Waals surface area contributed by atoms with Gasteiger partial charge in [-0.2, -0.15) is 0 Å². The van der Waals surface area contributed by atoms with Gasteiger partial charge in [-0.25, -0.2) is 15.0 Å². The van der Waals surface area contributed by atoms with Gasteiger partial charge in [0.05, 0.1) is 31.3 Å². The third-order valence-electron chi connectivity index (χ3n) is 6.74. The minimum Gasteiger partial charge on any atom is -0.497 e. The average Bonchev–Trinajstić information content (AvgIpc) is 3.47. The van der Waals surface area contributed by atoms with Crippen LogP contribution < -0.4 is 14.8 Å². The Morgan fingerprint density at radius 2 is 1.76 bits per heavy atom. The van der Waals surface area contributed by atoms with Crippen LogP contribution in [-0.4, -0.2) is 82.7 Å². The maximum absolute atomic E-state index is 6.03. The zero-order chi connectivity index (χ0) is 26.2. The van der Waals surface area contributed by atoms with E-state index in [0.717, 1.165) is 85.7 Å². The summed E-state index contributed by atoms with van der Waals surface area (Å²) in [6, 6.07) is 17.5. The fourth-order valence-electron chi connectivity index (χ4n) is 4.54. The van der Waals surface area contributed by atoms with E-state index in [4.69, 9.17) is 9.47 Å². The number of anilines is 2. The van der Waals surface area contributed by atoms with Crippen LogP contribution in [0.5, 0.6) is 11.5 Å². The molecule has 38 heavy (non-hydrogen) atoms. The van der Waals surface area contributed by atoms with Gasteiger partial charge in [-0.15, -0.1) is 0 Å². The number of H-pyrrole nitrogens is 1. The first-order valence-corrected chi connectivity index (χ1v) is 13.2. The van der Waals surface area contributed by atoms with Crippen LogP contribution in [0.4, 0.5) is 11.6 Å². The Hall–Kier alpha value is -3.95. The van der Waals surface area contributed by atoms with Crippen LogP contribution in [0.25, 0.3) is 22.8 Å². The first-order chi connectivity index (χ1) is 18.7. The van der Waals surface area contributed by atoms with Gasteiger partial charge < -0.3 is 29.6 Å². The summed E-state index contributed by atoms with van der Waals surface area (Å²) in [6.07, 6.45) is 4.52. The topological polar surface area (TPSA) is 91.4 Å². The first-order valence-electron chi connectivity index (χ1n) is 13.2. The largest absolute Gasteiger partial charge is 0.497 e. The number of ether oxygens (including phenoxy) is 2. The second-order valence-electron chi connectivity index (χ2n) is 9.27. The lowest BCUT2D eigenvalue weighted by Crippen LogP contribution is -2.46. The summed E-state index contributed by atoms with van der Waals surface area (Å²) in [6.45, 7) is 9.76. The standard InChI is InChI=1S/C29H35N7O2/c1-3-35-14-16-36(17-15-35)13-6-18-38-25-10-5-8-23(20-25)32-29-30-12-11-26(34-29)27-21-31-28(33-27)22-7-4-9-24(19-22)37-2/h4-5,7-12,19-21H,3,6,13-18H2,1-2H3,(H,31,33)(H,30,32,34). The SMILES string of the molecule is CCN1CCN(CCCOc2cccc(Nc3nccc(-c4cnc(-c5cccc(OC)c5)[nH]4)n3)c2)CC1. The lowest BCUT2D eigenvalue weighted by atomic mass is 10.2. The number of methoxy groups -OCH3 is 1. The predicted molar refractivity (Wildman–Crippen MR) is 150 cm³/mol. The van der Waals surface area contributed by atoms with Crippen molar-refractivity contribution in [2.45, 2.75) is 13.3 Å². The zero-order valence-corrected chi connectivity index (χ0v) is 22.1. The Balaban J connectivity index is 1.16. The highest BCUT2D eigenvalue weighted by Gasteiger charge is 2.14. The second kappa shape index (κ2) is 12.5. The van der Waals surface area contributed by atoms with Crippen LogP contribution in [0.2, 0.25) is 0 Å². The lowest BCUT2D eigenvalue weighted by molar-refractivity contribution is 0.130. The zero-order valence-electron chi connectivity index (χ0n) is 22.1. The fourth-order valence-corrected chi connectivity index (χ4v) is 4.54. The van der Waals surface area contributed by atoms with E-state index in [1.807, 2.05) is 54.6 Å². The molecule has 0 bridgehead atoms. The molecule has 5 rings (SSSR count). The summed E-state index contributed by atoms with van der Waals surface area (Å²) in [5.74, 6) is 2.87. The average molecular weight is 514 g/mol. The van der Waals surface area contributed by atoms with Gasteiger partial charge in [-0.1, -0.05) is 25.1 Å². The maximum atomic E-state index is 6.03. The van der Waals surface area contributed by atoms with E-state index in [1.54, 1.807) is 19.5 Å². The molecule has 2 aromatic carbocycles. The van der Waals surface area contributed by atoms with Gasteiger partial charge in [0.25, 0.3) is 0 Å². The van der Waals surface area contributed by atoms with Gasteiger partial charge in [0.15, 0.2) is 0 Å². The highest BCUT2D eigenvalue weighted by atomic mass is 16.5. The minimum atomic E-state index is 0.503. The molecule has 2 N–H and O–H groups in total. The van der Waals surface area contributed by atoms with Gasteiger partial charge in [-0.3, -0.25) is 0 Å². The van der Waals surface area contributed by atoms with Crippen LogP contribution in [0, 0.1) is 0 Å². The van der Waals surface area contributed by atoms with Gasteiger partial charge in [0, 0.05) is 56.2 Å². The Morgan fingerprint density at radius 3 is 2.61 bits per heavy atom. The number of likely N-dealkylation sites (N-methyl/N-ethyl adjacent to an activating group) is 1. The molecule has 2 aromatic heterocycles.